The van der Waals surface area contributed by atoms with Gasteiger partial charge in [-0.2, -0.15) is 5.26 Å². The number of aliphatic hydroxyl groups is 1. The maximum Gasteiger partial charge on any atom is 0.254 e. The fourth-order valence-electron chi connectivity index (χ4n) is 1.70. The van der Waals surface area contributed by atoms with Gasteiger partial charge < -0.3 is 10.4 Å². The van der Waals surface area contributed by atoms with Crippen molar-refractivity contribution < 1.29 is 9.90 Å². The van der Waals surface area contributed by atoms with Gasteiger partial charge in [-0.1, -0.05) is 44.2 Å². The predicted molar refractivity (Wildman–Crippen MR) is 68.5 cm³/mol. The number of aliphatic hydroxyl groups excluding tert-OH is 1. The molecule has 0 aromatic heterocycles. The summed E-state index contributed by atoms with van der Waals surface area (Å²) in [5.74, 6) is -0.536. The van der Waals surface area contributed by atoms with Gasteiger partial charge in [0.1, 0.15) is 5.54 Å². The van der Waals surface area contributed by atoms with Gasteiger partial charge in [-0.3, -0.25) is 4.79 Å². The molecule has 0 radical (unpaired) electrons. The highest BCUT2D eigenvalue weighted by molar-refractivity contribution is 5.83. The van der Waals surface area contributed by atoms with Crippen molar-refractivity contribution in [2.24, 2.45) is 0 Å². The van der Waals surface area contributed by atoms with E-state index in [1.807, 2.05) is 19.9 Å². The van der Waals surface area contributed by atoms with Crippen molar-refractivity contribution in [2.75, 3.05) is 0 Å². The fraction of sp³-hybridized carbons (Fsp3) is 0.429. The Morgan fingerprint density at radius 3 is 2.39 bits per heavy atom. The van der Waals surface area contributed by atoms with Crippen LogP contribution < -0.4 is 5.32 Å². The average Bonchev–Trinajstić information content (AvgIpc) is 2.45. The van der Waals surface area contributed by atoms with E-state index in [-0.39, 0.29) is 0 Å². The smallest absolute Gasteiger partial charge is 0.254 e. The first-order chi connectivity index (χ1) is 8.58. The molecule has 1 aromatic rings. The van der Waals surface area contributed by atoms with Crippen molar-refractivity contribution in [1.29, 1.82) is 5.26 Å². The minimum absolute atomic E-state index is 0.507. The Morgan fingerprint density at radius 2 is 1.94 bits per heavy atom. The third kappa shape index (κ3) is 3.08. The van der Waals surface area contributed by atoms with Crippen LogP contribution in [0, 0.1) is 11.3 Å². The van der Waals surface area contributed by atoms with Crippen LogP contribution in [0.4, 0.5) is 0 Å². The molecule has 1 rings (SSSR count). The number of benzene rings is 1. The Morgan fingerprint density at radius 1 is 1.39 bits per heavy atom. The predicted octanol–water partition coefficient (Wildman–Crippen LogP) is 1.92. The summed E-state index contributed by atoms with van der Waals surface area (Å²) in [4.78, 5) is 11.9. The van der Waals surface area contributed by atoms with Gasteiger partial charge in [-0.15, -0.1) is 0 Å². The molecule has 0 saturated carbocycles. The molecule has 0 spiro atoms. The number of nitriles is 1. The summed E-state index contributed by atoms with van der Waals surface area (Å²) < 4.78 is 0. The quantitative estimate of drug-likeness (QED) is 0.833. The Bertz CT molecular complexity index is 433. The second kappa shape index (κ2) is 6.18. The third-order valence-electron chi connectivity index (χ3n) is 3.15. The summed E-state index contributed by atoms with van der Waals surface area (Å²) in [5, 5.41) is 21.7. The third-order valence-corrected chi connectivity index (χ3v) is 3.15. The standard InChI is InChI=1S/C14H18N2O2/c1-3-14(4-2,10-15)16-13(18)12(17)11-8-6-5-7-9-11/h5-9,12,17H,3-4H2,1-2H3,(H,16,18). The van der Waals surface area contributed by atoms with Crippen LogP contribution >= 0.6 is 0 Å². The highest BCUT2D eigenvalue weighted by Gasteiger charge is 2.30. The molecule has 4 heteroatoms. The van der Waals surface area contributed by atoms with Gasteiger partial charge in [0, 0.05) is 0 Å². The first-order valence-electron chi connectivity index (χ1n) is 6.05. The molecule has 1 unspecified atom stereocenters. The van der Waals surface area contributed by atoms with E-state index in [1.165, 1.54) is 0 Å². The maximum atomic E-state index is 11.9. The number of carbonyl (C=O) groups excluding carboxylic acids is 1. The zero-order valence-corrected chi connectivity index (χ0v) is 10.7. The highest BCUT2D eigenvalue weighted by atomic mass is 16.3. The molecule has 96 valence electrons. The summed E-state index contributed by atoms with van der Waals surface area (Å²) in [6.45, 7) is 3.67. The molecular weight excluding hydrogens is 228 g/mol. The zero-order chi connectivity index (χ0) is 13.6. The van der Waals surface area contributed by atoms with E-state index < -0.39 is 17.6 Å². The molecule has 1 aromatic carbocycles. The highest BCUT2D eigenvalue weighted by Crippen LogP contribution is 2.18. The normalized spacial score (nSPS) is 12.6. The number of amides is 1. The summed E-state index contributed by atoms with van der Waals surface area (Å²) in [7, 11) is 0. The van der Waals surface area contributed by atoms with Crippen LogP contribution in [0.1, 0.15) is 38.4 Å². The average molecular weight is 246 g/mol. The number of nitrogens with one attached hydrogen (secondary N) is 1. The van der Waals surface area contributed by atoms with E-state index >= 15 is 0 Å². The lowest BCUT2D eigenvalue weighted by Crippen LogP contribution is -2.48. The van der Waals surface area contributed by atoms with Crippen molar-refractivity contribution >= 4 is 5.91 Å². The Kier molecular flexibility index (Phi) is 4.87. The fourth-order valence-corrected chi connectivity index (χ4v) is 1.70. The van der Waals surface area contributed by atoms with Gasteiger partial charge in [0.25, 0.3) is 5.91 Å². The molecule has 18 heavy (non-hydrogen) atoms. The van der Waals surface area contributed by atoms with E-state index in [1.54, 1.807) is 24.3 Å². The molecule has 0 aliphatic rings. The van der Waals surface area contributed by atoms with Crippen molar-refractivity contribution in [3.05, 3.63) is 35.9 Å². The van der Waals surface area contributed by atoms with E-state index in [0.717, 1.165) is 0 Å². The Labute approximate surface area is 107 Å². The molecular formula is C14H18N2O2. The maximum absolute atomic E-state index is 11.9. The minimum atomic E-state index is -1.24. The number of rotatable bonds is 5. The number of hydrogen-bond acceptors (Lipinski definition) is 3. The van der Waals surface area contributed by atoms with Crippen LogP contribution in [0.15, 0.2) is 30.3 Å². The van der Waals surface area contributed by atoms with Gasteiger partial charge in [0.2, 0.25) is 0 Å². The summed E-state index contributed by atoms with van der Waals surface area (Å²) >= 11 is 0. The number of carbonyl (C=O) groups is 1. The van der Waals surface area contributed by atoms with Crippen LogP contribution in [0.5, 0.6) is 0 Å². The molecule has 0 aliphatic heterocycles. The minimum Gasteiger partial charge on any atom is -0.378 e. The van der Waals surface area contributed by atoms with Crippen molar-refractivity contribution in [3.8, 4) is 6.07 Å². The van der Waals surface area contributed by atoms with E-state index in [2.05, 4.69) is 11.4 Å². The molecule has 0 fully saturated rings. The van der Waals surface area contributed by atoms with Crippen LogP contribution in [-0.2, 0) is 4.79 Å². The van der Waals surface area contributed by atoms with Gasteiger partial charge in [-0.25, -0.2) is 0 Å². The molecule has 1 amide bonds. The molecule has 2 N–H and O–H groups in total. The molecule has 0 saturated heterocycles. The molecule has 4 nitrogen and oxygen atoms in total. The SMILES string of the molecule is CCC(C#N)(CC)NC(=O)C(O)c1ccccc1. The lowest BCUT2D eigenvalue weighted by atomic mass is 9.94. The van der Waals surface area contributed by atoms with Crippen molar-refractivity contribution in [2.45, 2.75) is 38.3 Å². The largest absolute Gasteiger partial charge is 0.378 e. The first kappa shape index (κ1) is 14.2. The first-order valence-corrected chi connectivity index (χ1v) is 6.05. The second-order valence-electron chi connectivity index (χ2n) is 4.20. The van der Waals surface area contributed by atoms with Crippen LogP contribution in [0.3, 0.4) is 0 Å². The zero-order valence-electron chi connectivity index (χ0n) is 10.7. The second-order valence-corrected chi connectivity index (χ2v) is 4.20. The Balaban J connectivity index is 2.80. The molecule has 0 aliphatic carbocycles. The van der Waals surface area contributed by atoms with Crippen molar-refractivity contribution in [1.82, 2.24) is 5.32 Å². The molecule has 0 heterocycles. The van der Waals surface area contributed by atoms with Gasteiger partial charge in [-0.05, 0) is 18.4 Å². The monoisotopic (exact) mass is 246 g/mol. The lowest BCUT2D eigenvalue weighted by Gasteiger charge is -2.26. The molecule has 1 atom stereocenters. The van der Waals surface area contributed by atoms with Crippen molar-refractivity contribution in [3.63, 3.8) is 0 Å². The van der Waals surface area contributed by atoms with Crippen LogP contribution in [-0.4, -0.2) is 16.6 Å². The summed E-state index contributed by atoms with van der Waals surface area (Å²) in [5.41, 5.74) is -0.374. The Hall–Kier alpha value is -1.86. The summed E-state index contributed by atoms with van der Waals surface area (Å²) in [6.07, 6.45) is -0.224. The molecule has 0 bridgehead atoms. The van der Waals surface area contributed by atoms with E-state index in [9.17, 15) is 9.90 Å². The van der Waals surface area contributed by atoms with Crippen LogP contribution in [0.25, 0.3) is 0 Å². The van der Waals surface area contributed by atoms with Gasteiger partial charge >= 0.3 is 0 Å². The summed E-state index contributed by atoms with van der Waals surface area (Å²) in [6, 6.07) is 10.8. The van der Waals surface area contributed by atoms with Gasteiger partial charge in [0.15, 0.2) is 6.10 Å². The van der Waals surface area contributed by atoms with E-state index in [0.29, 0.717) is 18.4 Å². The topological polar surface area (TPSA) is 73.1 Å². The van der Waals surface area contributed by atoms with Crippen LogP contribution in [0.2, 0.25) is 0 Å². The number of hydrogen-bond donors (Lipinski definition) is 2. The lowest BCUT2D eigenvalue weighted by molar-refractivity contribution is -0.131. The van der Waals surface area contributed by atoms with Gasteiger partial charge in [0.05, 0.1) is 6.07 Å². The van der Waals surface area contributed by atoms with E-state index in [4.69, 9.17) is 5.26 Å². The number of nitrogens with zero attached hydrogens (tertiary/aromatic N) is 1.